The van der Waals surface area contributed by atoms with E-state index in [1.54, 1.807) is 6.07 Å². The van der Waals surface area contributed by atoms with E-state index in [2.05, 4.69) is 21.0 Å². The van der Waals surface area contributed by atoms with Crippen molar-refractivity contribution in [3.63, 3.8) is 0 Å². The maximum Gasteiger partial charge on any atom is 0.357 e. The van der Waals surface area contributed by atoms with E-state index in [-0.39, 0.29) is 10.7 Å². The average molecular weight is 376 g/mol. The van der Waals surface area contributed by atoms with E-state index in [4.69, 9.17) is 11.6 Å². The second-order valence-electron chi connectivity index (χ2n) is 5.58. The van der Waals surface area contributed by atoms with Gasteiger partial charge in [-0.3, -0.25) is 0 Å². The van der Waals surface area contributed by atoms with Gasteiger partial charge in [0.15, 0.2) is 5.69 Å². The first-order valence-corrected chi connectivity index (χ1v) is 7.27. The van der Waals surface area contributed by atoms with Crippen molar-refractivity contribution in [3.05, 3.63) is 44.9 Å². The summed E-state index contributed by atoms with van der Waals surface area (Å²) in [5.41, 5.74) is 0.544. The Kier molecular flexibility index (Phi) is 4.13. The molecule has 0 aliphatic rings. The number of hydrogen-bond acceptors (Lipinski definition) is 2. The third kappa shape index (κ3) is 2.96. The van der Waals surface area contributed by atoms with Crippen LogP contribution in [0.15, 0.2) is 22.7 Å². The Balaban J connectivity index is 2.75. The van der Waals surface area contributed by atoms with E-state index in [1.807, 2.05) is 20.8 Å². The summed E-state index contributed by atoms with van der Waals surface area (Å²) in [6.07, 6.45) is 0. The monoisotopic (exact) mass is 374 g/mol. The molecule has 112 valence electrons. The molecule has 0 spiro atoms. The van der Waals surface area contributed by atoms with Gasteiger partial charge in [0.25, 0.3) is 0 Å². The molecule has 7 heteroatoms. The predicted octanol–water partition coefficient (Wildman–Crippen LogP) is 4.42. The number of carboxylic acids is 1. The second kappa shape index (κ2) is 5.42. The van der Waals surface area contributed by atoms with Gasteiger partial charge in [-0.25, -0.2) is 13.9 Å². The fraction of sp³-hybridized carbons (Fsp3) is 0.286. The average Bonchev–Trinajstić information content (AvgIpc) is 2.70. The molecular weight excluding hydrogens is 363 g/mol. The van der Waals surface area contributed by atoms with E-state index in [0.29, 0.717) is 15.9 Å². The van der Waals surface area contributed by atoms with Crippen LogP contribution in [0.2, 0.25) is 5.02 Å². The van der Waals surface area contributed by atoms with Gasteiger partial charge in [0.2, 0.25) is 0 Å². The van der Waals surface area contributed by atoms with Crippen LogP contribution in [-0.4, -0.2) is 20.9 Å². The highest BCUT2D eigenvalue weighted by Gasteiger charge is 2.29. The van der Waals surface area contributed by atoms with Crippen LogP contribution in [0.4, 0.5) is 4.39 Å². The first kappa shape index (κ1) is 16.0. The molecule has 0 atom stereocenters. The summed E-state index contributed by atoms with van der Waals surface area (Å²) in [7, 11) is 0. The summed E-state index contributed by atoms with van der Waals surface area (Å²) in [4.78, 5) is 11.3. The summed E-state index contributed by atoms with van der Waals surface area (Å²) in [6.45, 7) is 5.76. The van der Waals surface area contributed by atoms with Gasteiger partial charge in [-0.05, 0) is 28.1 Å². The number of rotatable bonds is 2. The minimum absolute atomic E-state index is 0.000684. The maximum absolute atomic E-state index is 13.7. The lowest BCUT2D eigenvalue weighted by atomic mass is 9.91. The Morgan fingerprint density at radius 1 is 1.43 bits per heavy atom. The molecule has 0 radical (unpaired) electrons. The van der Waals surface area contributed by atoms with Gasteiger partial charge in [-0.1, -0.05) is 32.4 Å². The summed E-state index contributed by atoms with van der Waals surface area (Å²) >= 11 is 8.96. The van der Waals surface area contributed by atoms with Gasteiger partial charge in [-0.2, -0.15) is 5.10 Å². The fourth-order valence-corrected chi connectivity index (χ4v) is 3.12. The Bertz CT molecular complexity index is 722. The summed E-state index contributed by atoms with van der Waals surface area (Å²) in [5, 5.41) is 13.3. The molecule has 1 aromatic carbocycles. The van der Waals surface area contributed by atoms with Crippen molar-refractivity contribution in [1.29, 1.82) is 0 Å². The van der Waals surface area contributed by atoms with Crippen molar-refractivity contribution in [2.75, 3.05) is 0 Å². The van der Waals surface area contributed by atoms with E-state index < -0.39 is 17.2 Å². The van der Waals surface area contributed by atoms with Crippen LogP contribution >= 0.6 is 27.5 Å². The summed E-state index contributed by atoms with van der Waals surface area (Å²) in [5.74, 6) is -1.74. The fourth-order valence-electron chi connectivity index (χ4n) is 1.99. The molecule has 2 aromatic rings. The molecule has 0 amide bonds. The minimum Gasteiger partial charge on any atom is -0.476 e. The van der Waals surface area contributed by atoms with Crippen LogP contribution in [0, 0.1) is 5.82 Å². The van der Waals surface area contributed by atoms with Gasteiger partial charge in [-0.15, -0.1) is 0 Å². The Morgan fingerprint density at radius 2 is 2.05 bits per heavy atom. The van der Waals surface area contributed by atoms with E-state index in [1.165, 1.54) is 16.8 Å². The van der Waals surface area contributed by atoms with Crippen LogP contribution in [0.25, 0.3) is 5.69 Å². The number of carbonyl (C=O) groups is 1. The predicted molar refractivity (Wildman–Crippen MR) is 81.9 cm³/mol. The molecule has 0 unspecified atom stereocenters. The van der Waals surface area contributed by atoms with Crippen LogP contribution in [0.3, 0.4) is 0 Å². The topological polar surface area (TPSA) is 55.1 Å². The number of benzene rings is 1. The normalized spacial score (nSPS) is 11.7. The lowest BCUT2D eigenvalue weighted by Gasteiger charge is -2.21. The first-order valence-electron chi connectivity index (χ1n) is 6.10. The quantitative estimate of drug-likeness (QED) is 0.845. The zero-order chi connectivity index (χ0) is 15.9. The summed E-state index contributed by atoms with van der Waals surface area (Å²) < 4.78 is 15.5. The third-order valence-corrected chi connectivity index (χ3v) is 3.95. The molecule has 0 fully saturated rings. The Labute approximate surface area is 134 Å². The van der Waals surface area contributed by atoms with Crippen molar-refractivity contribution in [1.82, 2.24) is 9.78 Å². The smallest absolute Gasteiger partial charge is 0.357 e. The van der Waals surface area contributed by atoms with E-state index >= 15 is 0 Å². The van der Waals surface area contributed by atoms with Crippen molar-refractivity contribution < 1.29 is 14.3 Å². The minimum atomic E-state index is -1.15. The van der Waals surface area contributed by atoms with Gasteiger partial charge in [0.05, 0.1) is 20.9 Å². The number of nitrogens with zero attached hydrogens (tertiary/aromatic N) is 2. The summed E-state index contributed by atoms with van der Waals surface area (Å²) in [6, 6.07) is 4.23. The molecule has 21 heavy (non-hydrogen) atoms. The highest BCUT2D eigenvalue weighted by Crippen LogP contribution is 2.34. The standard InChI is InChI=1S/C14H13BrClFN2O2/c1-14(2,3)12-10(15)11(13(20)21)18-19(12)7-4-5-8(16)9(17)6-7/h4-6H,1-3H3,(H,20,21). The van der Waals surface area contributed by atoms with Crippen LogP contribution in [-0.2, 0) is 5.41 Å². The molecule has 0 bridgehead atoms. The van der Waals surface area contributed by atoms with Gasteiger partial charge < -0.3 is 5.11 Å². The SMILES string of the molecule is CC(C)(C)c1c(Br)c(C(=O)O)nn1-c1ccc(Cl)c(F)c1. The molecule has 1 aromatic heterocycles. The second-order valence-corrected chi connectivity index (χ2v) is 6.78. The molecule has 1 N–H and O–H groups in total. The van der Waals surface area contributed by atoms with Gasteiger partial charge >= 0.3 is 5.97 Å². The zero-order valence-electron chi connectivity index (χ0n) is 11.6. The largest absolute Gasteiger partial charge is 0.476 e. The molecule has 2 rings (SSSR count). The highest BCUT2D eigenvalue weighted by atomic mass is 79.9. The Morgan fingerprint density at radius 3 is 2.52 bits per heavy atom. The van der Waals surface area contributed by atoms with Crippen molar-refractivity contribution in [2.45, 2.75) is 26.2 Å². The maximum atomic E-state index is 13.7. The van der Waals surface area contributed by atoms with E-state index in [0.717, 1.165) is 0 Å². The van der Waals surface area contributed by atoms with E-state index in [9.17, 15) is 14.3 Å². The van der Waals surface area contributed by atoms with Crippen LogP contribution in [0.5, 0.6) is 0 Å². The zero-order valence-corrected chi connectivity index (χ0v) is 14.0. The van der Waals surface area contributed by atoms with Crippen molar-refractivity contribution in [2.24, 2.45) is 0 Å². The third-order valence-electron chi connectivity index (χ3n) is 2.89. The van der Waals surface area contributed by atoms with Crippen molar-refractivity contribution >= 4 is 33.5 Å². The van der Waals surface area contributed by atoms with Crippen molar-refractivity contribution in [3.8, 4) is 5.69 Å². The van der Waals surface area contributed by atoms with Gasteiger partial charge in [0, 0.05) is 11.5 Å². The Hall–Kier alpha value is -1.40. The molecule has 4 nitrogen and oxygen atoms in total. The number of hydrogen-bond donors (Lipinski definition) is 1. The number of halogens is 3. The lowest BCUT2D eigenvalue weighted by molar-refractivity contribution is 0.0689. The molecular formula is C14H13BrClFN2O2. The molecule has 0 saturated heterocycles. The molecule has 0 aliphatic carbocycles. The number of carboxylic acid groups (broad SMARTS) is 1. The lowest BCUT2D eigenvalue weighted by Crippen LogP contribution is -2.18. The number of aromatic nitrogens is 2. The molecule has 0 aliphatic heterocycles. The number of aromatic carboxylic acids is 1. The molecule has 0 saturated carbocycles. The molecule has 1 heterocycles. The highest BCUT2D eigenvalue weighted by molar-refractivity contribution is 9.10. The first-order chi connectivity index (χ1) is 9.62. The van der Waals surface area contributed by atoms with Crippen LogP contribution < -0.4 is 0 Å². The van der Waals surface area contributed by atoms with Gasteiger partial charge in [0.1, 0.15) is 5.82 Å². The van der Waals surface area contributed by atoms with Crippen LogP contribution in [0.1, 0.15) is 37.0 Å².